The summed E-state index contributed by atoms with van der Waals surface area (Å²) in [4.78, 5) is 12.6. The molecule has 0 saturated heterocycles. The Labute approximate surface area is 123 Å². The fourth-order valence-corrected chi connectivity index (χ4v) is 3.53. The zero-order valence-electron chi connectivity index (χ0n) is 9.89. The first kappa shape index (κ1) is 12.4. The number of ketones is 1. The van der Waals surface area contributed by atoms with Crippen molar-refractivity contribution in [1.29, 1.82) is 0 Å². The molecular weight excluding hydrogens is 322 g/mol. The summed E-state index contributed by atoms with van der Waals surface area (Å²) in [6, 6.07) is 13.2. The quantitative estimate of drug-likeness (QED) is 0.555. The van der Waals surface area contributed by atoms with Gasteiger partial charge in [0.2, 0.25) is 0 Å². The second-order valence-electron chi connectivity index (χ2n) is 4.21. The molecule has 0 aliphatic heterocycles. The Hall–Kier alpha value is -1.65. The lowest BCUT2D eigenvalue weighted by Crippen LogP contribution is -2.02. The number of anilines is 1. The Morgan fingerprint density at radius 3 is 2.68 bits per heavy atom. The van der Waals surface area contributed by atoms with E-state index in [9.17, 15) is 4.79 Å². The van der Waals surface area contributed by atoms with Gasteiger partial charge in [0.05, 0.1) is 0 Å². The molecule has 0 fully saturated rings. The molecule has 3 rings (SSSR count). The minimum Gasteiger partial charge on any atom is -0.399 e. The molecule has 0 aliphatic carbocycles. The molecule has 0 amide bonds. The molecule has 94 valence electrons. The lowest BCUT2D eigenvalue weighted by atomic mass is 10.0. The highest BCUT2D eigenvalue weighted by Crippen LogP contribution is 2.30. The molecule has 3 aromatic rings. The van der Waals surface area contributed by atoms with Crippen LogP contribution in [0.4, 0.5) is 5.69 Å². The fourth-order valence-electron chi connectivity index (χ4n) is 2.01. The lowest BCUT2D eigenvalue weighted by molar-refractivity contribution is 0.104. The molecule has 0 atom stereocenters. The number of halogens is 1. The van der Waals surface area contributed by atoms with E-state index in [0.29, 0.717) is 11.3 Å². The van der Waals surface area contributed by atoms with Gasteiger partial charge >= 0.3 is 0 Å². The van der Waals surface area contributed by atoms with Crippen LogP contribution in [0.25, 0.3) is 10.1 Å². The van der Waals surface area contributed by atoms with Crippen LogP contribution in [0.2, 0.25) is 0 Å². The number of rotatable bonds is 2. The molecule has 4 heteroatoms. The standard InChI is InChI=1S/C15H10BrNOS/c16-13-7-9(17)5-6-11(13)15(18)12-8-19-14-4-2-1-3-10(12)14/h1-8H,17H2. The first-order chi connectivity index (χ1) is 9.16. The van der Waals surface area contributed by atoms with Gasteiger partial charge in [0.1, 0.15) is 0 Å². The number of hydrogen-bond donors (Lipinski definition) is 1. The first-order valence-corrected chi connectivity index (χ1v) is 7.40. The molecule has 2 nitrogen and oxygen atoms in total. The molecule has 0 aliphatic rings. The molecule has 2 aromatic carbocycles. The van der Waals surface area contributed by atoms with Gasteiger partial charge < -0.3 is 5.73 Å². The van der Waals surface area contributed by atoms with Crippen molar-refractivity contribution < 1.29 is 4.79 Å². The van der Waals surface area contributed by atoms with E-state index < -0.39 is 0 Å². The summed E-state index contributed by atoms with van der Waals surface area (Å²) in [6.07, 6.45) is 0. The van der Waals surface area contributed by atoms with Crippen molar-refractivity contribution >= 4 is 48.8 Å². The smallest absolute Gasteiger partial charge is 0.195 e. The Kier molecular flexibility index (Phi) is 3.12. The van der Waals surface area contributed by atoms with Crippen molar-refractivity contribution in [2.24, 2.45) is 0 Å². The van der Waals surface area contributed by atoms with Gasteiger partial charge in [0, 0.05) is 36.8 Å². The SMILES string of the molecule is Nc1ccc(C(=O)c2csc3ccccc23)c(Br)c1. The predicted molar refractivity (Wildman–Crippen MR) is 83.8 cm³/mol. The van der Waals surface area contributed by atoms with Crippen molar-refractivity contribution in [3.63, 3.8) is 0 Å². The van der Waals surface area contributed by atoms with Gasteiger partial charge in [0.25, 0.3) is 0 Å². The summed E-state index contributed by atoms with van der Waals surface area (Å²) in [5.41, 5.74) is 7.71. The number of fused-ring (bicyclic) bond motifs is 1. The molecule has 2 N–H and O–H groups in total. The minimum atomic E-state index is 0.0179. The van der Waals surface area contributed by atoms with E-state index in [1.54, 1.807) is 29.5 Å². The number of thiophene rings is 1. The van der Waals surface area contributed by atoms with E-state index in [1.165, 1.54) is 0 Å². The van der Waals surface area contributed by atoms with E-state index >= 15 is 0 Å². The molecular formula is C15H10BrNOS. The van der Waals surface area contributed by atoms with E-state index in [0.717, 1.165) is 20.1 Å². The third-order valence-corrected chi connectivity index (χ3v) is 4.58. The van der Waals surface area contributed by atoms with Crippen molar-refractivity contribution in [1.82, 2.24) is 0 Å². The summed E-state index contributed by atoms with van der Waals surface area (Å²) in [7, 11) is 0. The van der Waals surface area contributed by atoms with Crippen LogP contribution in [0.15, 0.2) is 52.3 Å². The first-order valence-electron chi connectivity index (χ1n) is 5.73. The van der Waals surface area contributed by atoms with Crippen LogP contribution in [-0.2, 0) is 0 Å². The van der Waals surface area contributed by atoms with Crippen molar-refractivity contribution in [2.75, 3.05) is 5.73 Å². The largest absolute Gasteiger partial charge is 0.399 e. The van der Waals surface area contributed by atoms with E-state index in [2.05, 4.69) is 15.9 Å². The zero-order valence-corrected chi connectivity index (χ0v) is 12.3. The van der Waals surface area contributed by atoms with Crippen LogP contribution in [0, 0.1) is 0 Å². The maximum absolute atomic E-state index is 12.6. The number of carbonyl (C=O) groups excluding carboxylic acids is 1. The second kappa shape index (κ2) is 4.79. The predicted octanol–water partition coefficient (Wildman–Crippen LogP) is 4.48. The molecule has 1 aromatic heterocycles. The van der Waals surface area contributed by atoms with Gasteiger partial charge in [-0.05, 0) is 40.2 Å². The average molecular weight is 332 g/mol. The third kappa shape index (κ3) is 2.17. The van der Waals surface area contributed by atoms with E-state index in [1.807, 2.05) is 29.6 Å². The lowest BCUT2D eigenvalue weighted by Gasteiger charge is -2.04. The highest BCUT2D eigenvalue weighted by molar-refractivity contribution is 9.10. The molecule has 0 saturated carbocycles. The van der Waals surface area contributed by atoms with Crippen LogP contribution in [0.1, 0.15) is 15.9 Å². The number of nitrogens with two attached hydrogens (primary N) is 1. The highest BCUT2D eigenvalue weighted by atomic mass is 79.9. The molecule has 19 heavy (non-hydrogen) atoms. The third-order valence-electron chi connectivity index (χ3n) is 2.96. The van der Waals surface area contributed by atoms with E-state index in [4.69, 9.17) is 5.73 Å². The number of hydrogen-bond acceptors (Lipinski definition) is 3. The van der Waals surface area contributed by atoms with E-state index in [-0.39, 0.29) is 5.78 Å². The normalized spacial score (nSPS) is 10.8. The van der Waals surface area contributed by atoms with Gasteiger partial charge in [-0.25, -0.2) is 0 Å². The summed E-state index contributed by atoms with van der Waals surface area (Å²) in [5, 5.41) is 2.91. The molecule has 0 radical (unpaired) electrons. The van der Waals surface area contributed by atoms with Crippen LogP contribution in [0.3, 0.4) is 0 Å². The average Bonchev–Trinajstić information content (AvgIpc) is 2.82. The van der Waals surface area contributed by atoms with Crippen molar-refractivity contribution in [2.45, 2.75) is 0 Å². The van der Waals surface area contributed by atoms with Gasteiger partial charge in [-0.3, -0.25) is 4.79 Å². The Morgan fingerprint density at radius 1 is 1.11 bits per heavy atom. The Morgan fingerprint density at radius 2 is 1.89 bits per heavy atom. The topological polar surface area (TPSA) is 43.1 Å². The number of nitrogen functional groups attached to an aromatic ring is 1. The van der Waals surface area contributed by atoms with Gasteiger partial charge in [-0.2, -0.15) is 0 Å². The van der Waals surface area contributed by atoms with Crippen LogP contribution >= 0.6 is 27.3 Å². The van der Waals surface area contributed by atoms with Crippen LogP contribution < -0.4 is 5.73 Å². The summed E-state index contributed by atoms with van der Waals surface area (Å²) < 4.78 is 1.85. The Bertz CT molecular complexity index is 779. The zero-order chi connectivity index (χ0) is 13.4. The summed E-state index contributed by atoms with van der Waals surface area (Å²) >= 11 is 4.99. The van der Waals surface area contributed by atoms with Gasteiger partial charge in [-0.15, -0.1) is 11.3 Å². The van der Waals surface area contributed by atoms with Crippen LogP contribution in [0.5, 0.6) is 0 Å². The van der Waals surface area contributed by atoms with Gasteiger partial charge in [-0.1, -0.05) is 18.2 Å². The molecule has 0 unspecified atom stereocenters. The second-order valence-corrected chi connectivity index (χ2v) is 5.98. The van der Waals surface area contributed by atoms with Gasteiger partial charge in [0.15, 0.2) is 5.78 Å². The summed E-state index contributed by atoms with van der Waals surface area (Å²) in [5.74, 6) is 0.0179. The minimum absolute atomic E-state index is 0.0179. The molecule has 1 heterocycles. The molecule has 0 spiro atoms. The monoisotopic (exact) mass is 331 g/mol. The molecule has 0 bridgehead atoms. The highest BCUT2D eigenvalue weighted by Gasteiger charge is 2.16. The van der Waals surface area contributed by atoms with Crippen molar-refractivity contribution in [3.05, 3.63) is 63.4 Å². The van der Waals surface area contributed by atoms with Crippen molar-refractivity contribution in [3.8, 4) is 0 Å². The van der Waals surface area contributed by atoms with Crippen LogP contribution in [-0.4, -0.2) is 5.78 Å². The summed E-state index contributed by atoms with van der Waals surface area (Å²) in [6.45, 7) is 0. The number of carbonyl (C=O) groups is 1. The maximum Gasteiger partial charge on any atom is 0.195 e. The number of benzene rings is 2. The Balaban J connectivity index is 2.13. The fraction of sp³-hybridized carbons (Fsp3) is 0. The maximum atomic E-state index is 12.6.